The van der Waals surface area contributed by atoms with Crippen molar-refractivity contribution in [3.05, 3.63) is 45.3 Å². The van der Waals surface area contributed by atoms with E-state index < -0.39 is 0 Å². The highest BCUT2D eigenvalue weighted by Crippen LogP contribution is 2.31. The molecule has 1 heterocycles. The molecule has 0 unspecified atom stereocenters. The van der Waals surface area contributed by atoms with Crippen molar-refractivity contribution < 1.29 is 9.53 Å². The fourth-order valence-electron chi connectivity index (χ4n) is 1.51. The number of halogens is 2. The van der Waals surface area contributed by atoms with Crippen LogP contribution in [0.25, 0.3) is 10.4 Å². The van der Waals surface area contributed by atoms with Gasteiger partial charge in [-0.15, -0.1) is 11.3 Å². The van der Waals surface area contributed by atoms with Gasteiger partial charge in [0.15, 0.2) is 0 Å². The quantitative estimate of drug-likeness (QED) is 0.754. The summed E-state index contributed by atoms with van der Waals surface area (Å²) < 4.78 is 4.94. The smallest absolute Gasteiger partial charge is 0.338 e. The molecule has 0 radical (unpaired) electrons. The number of ether oxygens (including phenoxy) is 1. The van der Waals surface area contributed by atoms with Gasteiger partial charge in [0, 0.05) is 20.3 Å². The van der Waals surface area contributed by atoms with Crippen LogP contribution in [0.1, 0.15) is 17.3 Å². The Balaban J connectivity index is 2.32. The maximum atomic E-state index is 11.6. The number of hydrogen-bond acceptors (Lipinski definition) is 3. The molecule has 0 aliphatic rings. The topological polar surface area (TPSA) is 26.3 Å². The molecule has 0 aliphatic carbocycles. The van der Waals surface area contributed by atoms with Crippen LogP contribution in [0.15, 0.2) is 29.6 Å². The lowest BCUT2D eigenvalue weighted by Gasteiger charge is -2.00. The highest BCUT2D eigenvalue weighted by molar-refractivity contribution is 7.13. The van der Waals surface area contributed by atoms with Crippen molar-refractivity contribution in [1.29, 1.82) is 0 Å². The molecule has 18 heavy (non-hydrogen) atoms. The summed E-state index contributed by atoms with van der Waals surface area (Å²) in [5.41, 5.74) is 1.45. The molecule has 1 aromatic carbocycles. The third-order valence-corrected chi connectivity index (χ3v) is 3.67. The lowest BCUT2D eigenvalue weighted by molar-refractivity contribution is 0.0527. The minimum absolute atomic E-state index is 0.312. The van der Waals surface area contributed by atoms with E-state index in [0.717, 1.165) is 10.4 Å². The van der Waals surface area contributed by atoms with E-state index in [9.17, 15) is 4.79 Å². The van der Waals surface area contributed by atoms with Crippen molar-refractivity contribution in [2.45, 2.75) is 6.92 Å². The van der Waals surface area contributed by atoms with Crippen molar-refractivity contribution in [1.82, 2.24) is 0 Å². The van der Waals surface area contributed by atoms with Crippen LogP contribution in [0.5, 0.6) is 0 Å². The summed E-state index contributed by atoms with van der Waals surface area (Å²) >= 11 is 13.4. The zero-order valence-electron chi connectivity index (χ0n) is 9.57. The minimum atomic E-state index is -0.312. The second-order valence-corrected chi connectivity index (χ2v) is 5.36. The Labute approximate surface area is 119 Å². The Hall–Kier alpha value is -1.03. The van der Waals surface area contributed by atoms with Crippen molar-refractivity contribution >= 4 is 40.5 Å². The highest BCUT2D eigenvalue weighted by Gasteiger charge is 2.11. The van der Waals surface area contributed by atoms with Gasteiger partial charge < -0.3 is 4.74 Å². The molecule has 0 atom stereocenters. The van der Waals surface area contributed by atoms with E-state index in [1.807, 2.05) is 12.1 Å². The summed E-state index contributed by atoms with van der Waals surface area (Å²) in [7, 11) is 0. The number of rotatable bonds is 3. The Morgan fingerprint density at radius 3 is 2.50 bits per heavy atom. The van der Waals surface area contributed by atoms with E-state index in [2.05, 4.69) is 0 Å². The maximum absolute atomic E-state index is 11.6. The van der Waals surface area contributed by atoms with Crippen molar-refractivity contribution in [2.75, 3.05) is 6.61 Å². The van der Waals surface area contributed by atoms with Gasteiger partial charge in [-0.05, 0) is 36.8 Å². The molecule has 0 saturated carbocycles. The molecule has 2 aromatic rings. The average molecular weight is 301 g/mol. The number of benzene rings is 1. The molecule has 0 saturated heterocycles. The first-order chi connectivity index (χ1) is 8.60. The van der Waals surface area contributed by atoms with Crippen LogP contribution in [0.4, 0.5) is 0 Å². The second-order valence-electron chi connectivity index (χ2n) is 3.58. The van der Waals surface area contributed by atoms with Crippen LogP contribution in [-0.2, 0) is 4.74 Å². The fraction of sp³-hybridized carbons (Fsp3) is 0.154. The standard InChI is InChI=1S/C13H10Cl2O2S/c1-2-17-13(16)9-5-12(18-7-9)8-3-10(14)6-11(15)4-8/h3-7H,2H2,1H3. The molecule has 0 aliphatic heterocycles. The summed E-state index contributed by atoms with van der Waals surface area (Å²) in [6.45, 7) is 2.15. The van der Waals surface area contributed by atoms with Gasteiger partial charge >= 0.3 is 5.97 Å². The first-order valence-electron chi connectivity index (χ1n) is 5.32. The molecule has 0 bridgehead atoms. The third-order valence-electron chi connectivity index (χ3n) is 2.26. The highest BCUT2D eigenvalue weighted by atomic mass is 35.5. The zero-order valence-corrected chi connectivity index (χ0v) is 11.9. The predicted molar refractivity (Wildman–Crippen MR) is 75.7 cm³/mol. The normalized spacial score (nSPS) is 10.4. The largest absolute Gasteiger partial charge is 0.462 e. The monoisotopic (exact) mass is 300 g/mol. The SMILES string of the molecule is CCOC(=O)c1csc(-c2cc(Cl)cc(Cl)c2)c1. The Kier molecular flexibility index (Phi) is 4.27. The van der Waals surface area contributed by atoms with E-state index in [4.69, 9.17) is 27.9 Å². The van der Waals surface area contributed by atoms with Gasteiger partial charge in [-0.2, -0.15) is 0 Å². The van der Waals surface area contributed by atoms with E-state index in [-0.39, 0.29) is 5.97 Å². The molecule has 2 nitrogen and oxygen atoms in total. The van der Waals surface area contributed by atoms with Crippen LogP contribution in [0, 0.1) is 0 Å². The van der Waals surface area contributed by atoms with Gasteiger partial charge in [0.1, 0.15) is 0 Å². The van der Waals surface area contributed by atoms with Crippen molar-refractivity contribution in [2.24, 2.45) is 0 Å². The van der Waals surface area contributed by atoms with Gasteiger partial charge in [0.25, 0.3) is 0 Å². The lowest BCUT2D eigenvalue weighted by Crippen LogP contribution is -2.02. The zero-order chi connectivity index (χ0) is 13.1. The number of esters is 1. The minimum Gasteiger partial charge on any atom is -0.462 e. The fourth-order valence-corrected chi connectivity index (χ4v) is 2.90. The summed E-state index contributed by atoms with van der Waals surface area (Å²) in [6.07, 6.45) is 0. The summed E-state index contributed by atoms with van der Waals surface area (Å²) in [4.78, 5) is 12.5. The molecule has 2 rings (SSSR count). The lowest BCUT2D eigenvalue weighted by atomic mass is 10.1. The van der Waals surface area contributed by atoms with Gasteiger partial charge in [0.05, 0.1) is 12.2 Å². The molecule has 0 amide bonds. The van der Waals surface area contributed by atoms with Crippen LogP contribution in [-0.4, -0.2) is 12.6 Å². The predicted octanol–water partition coefficient (Wildman–Crippen LogP) is 4.90. The van der Waals surface area contributed by atoms with Gasteiger partial charge in [0.2, 0.25) is 0 Å². The Morgan fingerprint density at radius 2 is 1.89 bits per heavy atom. The molecular formula is C13H10Cl2O2S. The third kappa shape index (κ3) is 3.05. The number of carbonyl (C=O) groups is 1. The summed E-state index contributed by atoms with van der Waals surface area (Å²) in [5, 5.41) is 2.91. The first kappa shape index (κ1) is 13.4. The molecule has 1 aromatic heterocycles. The van der Waals surface area contributed by atoms with E-state index in [1.165, 1.54) is 11.3 Å². The van der Waals surface area contributed by atoms with Gasteiger partial charge in [-0.25, -0.2) is 4.79 Å². The van der Waals surface area contributed by atoms with Gasteiger partial charge in [-0.1, -0.05) is 23.2 Å². The van der Waals surface area contributed by atoms with Gasteiger partial charge in [-0.3, -0.25) is 0 Å². The van der Waals surface area contributed by atoms with Crippen LogP contribution in [0.2, 0.25) is 10.0 Å². The Bertz CT molecular complexity index is 558. The van der Waals surface area contributed by atoms with E-state index in [0.29, 0.717) is 22.2 Å². The second kappa shape index (κ2) is 5.74. The number of carbonyl (C=O) groups excluding carboxylic acids is 1. The average Bonchev–Trinajstić information content (AvgIpc) is 2.77. The van der Waals surface area contributed by atoms with Crippen LogP contribution >= 0.6 is 34.5 Å². The van der Waals surface area contributed by atoms with E-state index >= 15 is 0 Å². The number of hydrogen-bond donors (Lipinski definition) is 0. The van der Waals surface area contributed by atoms with Crippen molar-refractivity contribution in [3.63, 3.8) is 0 Å². The van der Waals surface area contributed by atoms with Crippen molar-refractivity contribution in [3.8, 4) is 10.4 Å². The maximum Gasteiger partial charge on any atom is 0.338 e. The summed E-state index contributed by atoms with van der Waals surface area (Å²) in [6, 6.07) is 7.08. The molecule has 94 valence electrons. The summed E-state index contributed by atoms with van der Waals surface area (Å²) in [5.74, 6) is -0.312. The first-order valence-corrected chi connectivity index (χ1v) is 6.96. The molecule has 5 heteroatoms. The molecule has 0 N–H and O–H groups in total. The van der Waals surface area contributed by atoms with E-state index in [1.54, 1.807) is 24.4 Å². The Morgan fingerprint density at radius 1 is 1.22 bits per heavy atom. The molecular weight excluding hydrogens is 291 g/mol. The molecule has 0 fully saturated rings. The molecule has 0 spiro atoms. The van der Waals surface area contributed by atoms with Crippen LogP contribution in [0.3, 0.4) is 0 Å². The van der Waals surface area contributed by atoms with Crippen LogP contribution < -0.4 is 0 Å². The number of thiophene rings is 1.